The van der Waals surface area contributed by atoms with E-state index in [2.05, 4.69) is 25.3 Å². The van der Waals surface area contributed by atoms with Crippen molar-refractivity contribution in [3.05, 3.63) is 65.6 Å². The molecule has 0 spiro atoms. The first kappa shape index (κ1) is 28.1. The second kappa shape index (κ2) is 12.3. The number of benzene rings is 2. The molecule has 9 nitrogen and oxygen atoms in total. The third-order valence-electron chi connectivity index (χ3n) is 6.07. The second-order valence-electron chi connectivity index (χ2n) is 8.90. The first-order valence-electron chi connectivity index (χ1n) is 12.4. The number of aryl methyl sites for hydroxylation is 1. The number of imidazole rings is 1. The van der Waals surface area contributed by atoms with E-state index in [1.54, 1.807) is 15.7 Å². The summed E-state index contributed by atoms with van der Waals surface area (Å²) in [4.78, 5) is 34.2. The van der Waals surface area contributed by atoms with Crippen LogP contribution in [-0.4, -0.2) is 58.9 Å². The summed E-state index contributed by atoms with van der Waals surface area (Å²) in [6.07, 6.45) is -1.48. The number of anilines is 3. The van der Waals surface area contributed by atoms with Gasteiger partial charge in [-0.15, -0.1) is 13.2 Å². The molecule has 1 saturated heterocycles. The Kier molecular flexibility index (Phi) is 8.85. The van der Waals surface area contributed by atoms with E-state index in [1.165, 1.54) is 12.1 Å². The number of rotatable bonds is 8. The van der Waals surface area contributed by atoms with E-state index in [0.717, 1.165) is 30.7 Å². The summed E-state index contributed by atoms with van der Waals surface area (Å²) in [6, 6.07) is 11.6. The molecular formula is C26H28ClF3N6O3. The topological polar surface area (TPSA) is 91.7 Å². The number of hydrogen-bond acceptors (Lipinski definition) is 5. The highest BCUT2D eigenvalue weighted by Crippen LogP contribution is 2.24. The van der Waals surface area contributed by atoms with Gasteiger partial charge in [-0.05, 0) is 55.0 Å². The number of hydrogen-bond donors (Lipinski definition) is 2. The molecule has 0 aliphatic carbocycles. The molecule has 1 aliphatic rings. The monoisotopic (exact) mass is 564 g/mol. The van der Waals surface area contributed by atoms with E-state index in [-0.39, 0.29) is 23.2 Å². The van der Waals surface area contributed by atoms with Gasteiger partial charge in [0.15, 0.2) is 5.82 Å². The molecule has 2 N–H and O–H groups in total. The lowest BCUT2D eigenvalue weighted by Crippen LogP contribution is -2.49. The van der Waals surface area contributed by atoms with Crippen LogP contribution < -0.4 is 20.3 Å². The number of alkyl halides is 3. The Hall–Kier alpha value is -3.93. The van der Waals surface area contributed by atoms with Crippen LogP contribution >= 0.6 is 11.6 Å². The Bertz CT molecular complexity index is 1270. The minimum atomic E-state index is -4.80. The summed E-state index contributed by atoms with van der Waals surface area (Å²) in [5, 5.41) is 5.78. The van der Waals surface area contributed by atoms with E-state index >= 15 is 0 Å². The molecule has 3 amide bonds. The fourth-order valence-electron chi connectivity index (χ4n) is 4.13. The molecule has 208 valence electrons. The standard InChI is InChI=1S/C26H28ClF3N6O3/c1-2-3-12-36-17-22(33-25(38)31-19-6-10-21(11-7-19)39-26(28,29)30)32-23(36)24(37)35-15-13-34(14-16-35)20-8-4-18(27)5-9-20/h4-11,17H,2-3,12-16H2,1H3,(H2,31,33,38). The molecule has 1 aromatic heterocycles. The number of piperazine rings is 1. The zero-order valence-electron chi connectivity index (χ0n) is 21.2. The predicted octanol–water partition coefficient (Wildman–Crippen LogP) is 5.84. The number of ether oxygens (including phenoxy) is 1. The van der Waals surface area contributed by atoms with Crippen molar-refractivity contribution < 1.29 is 27.5 Å². The zero-order chi connectivity index (χ0) is 28.0. The van der Waals surface area contributed by atoms with Crippen molar-refractivity contribution in [1.82, 2.24) is 14.5 Å². The molecule has 0 saturated carbocycles. The van der Waals surface area contributed by atoms with Crippen molar-refractivity contribution in [3.63, 3.8) is 0 Å². The van der Waals surface area contributed by atoms with Gasteiger partial charge in [0.25, 0.3) is 5.91 Å². The molecule has 0 unspecified atom stereocenters. The average Bonchev–Trinajstić information content (AvgIpc) is 3.30. The Morgan fingerprint density at radius 2 is 1.67 bits per heavy atom. The van der Waals surface area contributed by atoms with Gasteiger partial charge in [0, 0.05) is 55.3 Å². The number of nitrogens with zero attached hydrogens (tertiary/aromatic N) is 4. The second-order valence-corrected chi connectivity index (χ2v) is 9.34. The summed E-state index contributed by atoms with van der Waals surface area (Å²) in [5.41, 5.74) is 1.29. The minimum Gasteiger partial charge on any atom is -0.406 e. The number of unbranched alkanes of at least 4 members (excludes halogenated alkanes) is 1. The molecule has 4 rings (SSSR count). The lowest BCUT2D eigenvalue weighted by molar-refractivity contribution is -0.274. The van der Waals surface area contributed by atoms with Crippen LogP contribution in [0, 0.1) is 0 Å². The Morgan fingerprint density at radius 1 is 1.00 bits per heavy atom. The quantitative estimate of drug-likeness (QED) is 0.358. The van der Waals surface area contributed by atoms with Crippen molar-refractivity contribution >= 4 is 40.7 Å². The predicted molar refractivity (Wildman–Crippen MR) is 142 cm³/mol. The smallest absolute Gasteiger partial charge is 0.406 e. The largest absolute Gasteiger partial charge is 0.573 e. The lowest BCUT2D eigenvalue weighted by atomic mass is 10.2. The number of urea groups is 1. The maximum atomic E-state index is 13.4. The number of carbonyl (C=O) groups excluding carboxylic acids is 2. The third-order valence-corrected chi connectivity index (χ3v) is 6.32. The Morgan fingerprint density at radius 3 is 2.28 bits per heavy atom. The van der Waals surface area contributed by atoms with Crippen LogP contribution in [-0.2, 0) is 6.54 Å². The zero-order valence-corrected chi connectivity index (χ0v) is 21.9. The first-order chi connectivity index (χ1) is 18.6. The molecule has 1 aliphatic heterocycles. The van der Waals surface area contributed by atoms with Crippen molar-refractivity contribution in [2.75, 3.05) is 41.7 Å². The molecule has 2 aromatic carbocycles. The van der Waals surface area contributed by atoms with Crippen LogP contribution in [0.1, 0.15) is 30.4 Å². The van der Waals surface area contributed by atoms with E-state index in [4.69, 9.17) is 11.6 Å². The van der Waals surface area contributed by atoms with Crippen LogP contribution in [0.15, 0.2) is 54.7 Å². The van der Waals surface area contributed by atoms with Gasteiger partial charge in [0.1, 0.15) is 5.75 Å². The summed E-state index contributed by atoms with van der Waals surface area (Å²) in [7, 11) is 0. The van der Waals surface area contributed by atoms with Crippen LogP contribution in [0.5, 0.6) is 5.75 Å². The van der Waals surface area contributed by atoms with Gasteiger partial charge in [-0.3, -0.25) is 10.1 Å². The van der Waals surface area contributed by atoms with E-state index in [0.29, 0.717) is 37.7 Å². The maximum Gasteiger partial charge on any atom is 0.573 e. The summed E-state index contributed by atoms with van der Waals surface area (Å²) >= 11 is 5.98. The van der Waals surface area contributed by atoms with Gasteiger partial charge >= 0.3 is 12.4 Å². The van der Waals surface area contributed by atoms with Crippen LogP contribution in [0.4, 0.5) is 35.2 Å². The van der Waals surface area contributed by atoms with Gasteiger partial charge in [0.2, 0.25) is 5.82 Å². The van der Waals surface area contributed by atoms with Crippen molar-refractivity contribution in [3.8, 4) is 5.75 Å². The van der Waals surface area contributed by atoms with Gasteiger partial charge in [-0.1, -0.05) is 24.9 Å². The fraction of sp³-hybridized carbons (Fsp3) is 0.346. The molecule has 13 heteroatoms. The normalized spacial score (nSPS) is 13.8. The number of carbonyl (C=O) groups is 2. The molecule has 3 aromatic rings. The van der Waals surface area contributed by atoms with Crippen molar-refractivity contribution in [2.45, 2.75) is 32.7 Å². The van der Waals surface area contributed by atoms with Gasteiger partial charge < -0.3 is 24.4 Å². The van der Waals surface area contributed by atoms with Crippen LogP contribution in [0.25, 0.3) is 0 Å². The van der Waals surface area contributed by atoms with Crippen molar-refractivity contribution in [2.24, 2.45) is 0 Å². The highest BCUT2D eigenvalue weighted by atomic mass is 35.5. The number of halogens is 4. The van der Waals surface area contributed by atoms with Crippen LogP contribution in [0.3, 0.4) is 0 Å². The van der Waals surface area contributed by atoms with Gasteiger partial charge in [0.05, 0.1) is 0 Å². The minimum absolute atomic E-state index is 0.184. The SMILES string of the molecule is CCCCn1cc(NC(=O)Nc2ccc(OC(F)(F)F)cc2)nc1C(=O)N1CCN(c2ccc(Cl)cc2)CC1. The van der Waals surface area contributed by atoms with E-state index in [1.807, 2.05) is 31.2 Å². The third kappa shape index (κ3) is 7.79. The van der Waals surface area contributed by atoms with Gasteiger partial charge in [-0.25, -0.2) is 9.78 Å². The number of nitrogens with one attached hydrogen (secondary N) is 2. The molecule has 1 fully saturated rings. The van der Waals surface area contributed by atoms with E-state index in [9.17, 15) is 22.8 Å². The number of aromatic nitrogens is 2. The first-order valence-corrected chi connectivity index (χ1v) is 12.8. The lowest BCUT2D eigenvalue weighted by Gasteiger charge is -2.36. The highest BCUT2D eigenvalue weighted by Gasteiger charge is 2.31. The van der Waals surface area contributed by atoms with Crippen LogP contribution in [0.2, 0.25) is 5.02 Å². The molecule has 39 heavy (non-hydrogen) atoms. The summed E-state index contributed by atoms with van der Waals surface area (Å²) in [5.74, 6) is -0.216. The average molecular weight is 565 g/mol. The highest BCUT2D eigenvalue weighted by molar-refractivity contribution is 6.30. The van der Waals surface area contributed by atoms with E-state index < -0.39 is 18.1 Å². The molecule has 2 heterocycles. The summed E-state index contributed by atoms with van der Waals surface area (Å²) in [6.45, 7) is 4.93. The number of amides is 3. The fourth-order valence-corrected chi connectivity index (χ4v) is 4.25. The van der Waals surface area contributed by atoms with Gasteiger partial charge in [-0.2, -0.15) is 0 Å². The Labute approximate surface area is 228 Å². The summed E-state index contributed by atoms with van der Waals surface area (Å²) < 4.78 is 42.6. The molecule has 0 bridgehead atoms. The molecule has 0 radical (unpaired) electrons. The maximum absolute atomic E-state index is 13.4. The molecular weight excluding hydrogens is 537 g/mol. The molecule has 0 atom stereocenters. The van der Waals surface area contributed by atoms with Crippen molar-refractivity contribution in [1.29, 1.82) is 0 Å². The Balaban J connectivity index is 1.38.